The molecule has 5 heteroatoms. The molecular formula is C15H28N2O3. The number of carbonyl (C=O) groups excluding carboxylic acids is 1. The van der Waals surface area contributed by atoms with Crippen LogP contribution in [0, 0.1) is 5.41 Å². The fraction of sp³-hybridized carbons (Fsp3) is 0.933. The van der Waals surface area contributed by atoms with E-state index in [1.54, 1.807) is 0 Å². The molecule has 1 atom stereocenters. The second-order valence-electron chi connectivity index (χ2n) is 7.26. The maximum Gasteiger partial charge on any atom is 0.410 e. The summed E-state index contributed by atoms with van der Waals surface area (Å²) in [6.07, 6.45) is 4.08. The Morgan fingerprint density at radius 3 is 2.70 bits per heavy atom. The predicted molar refractivity (Wildman–Crippen MR) is 77.6 cm³/mol. The zero-order valence-corrected chi connectivity index (χ0v) is 12.9. The molecule has 1 aliphatic carbocycles. The van der Waals surface area contributed by atoms with Gasteiger partial charge in [0, 0.05) is 37.7 Å². The maximum atomic E-state index is 12.1. The third kappa shape index (κ3) is 4.09. The Morgan fingerprint density at radius 2 is 2.15 bits per heavy atom. The first-order valence-corrected chi connectivity index (χ1v) is 7.66. The molecule has 2 rings (SSSR count). The quantitative estimate of drug-likeness (QED) is 0.807. The van der Waals surface area contributed by atoms with Gasteiger partial charge in [0.25, 0.3) is 0 Å². The average Bonchev–Trinajstić information content (AvgIpc) is 2.96. The summed E-state index contributed by atoms with van der Waals surface area (Å²) < 4.78 is 5.45. The van der Waals surface area contributed by atoms with Crippen LogP contribution in [-0.2, 0) is 4.74 Å². The molecule has 0 radical (unpaired) electrons. The second kappa shape index (κ2) is 5.90. The Labute approximate surface area is 121 Å². The van der Waals surface area contributed by atoms with Gasteiger partial charge in [-0.2, -0.15) is 0 Å². The van der Waals surface area contributed by atoms with Gasteiger partial charge in [-0.1, -0.05) is 0 Å². The van der Waals surface area contributed by atoms with Crippen LogP contribution in [0.25, 0.3) is 0 Å². The molecular weight excluding hydrogens is 256 g/mol. The molecule has 116 valence electrons. The van der Waals surface area contributed by atoms with Gasteiger partial charge in [-0.25, -0.2) is 4.79 Å². The van der Waals surface area contributed by atoms with Crippen LogP contribution in [0.5, 0.6) is 0 Å². The summed E-state index contributed by atoms with van der Waals surface area (Å²) in [7, 11) is 0. The molecule has 0 aromatic rings. The van der Waals surface area contributed by atoms with Crippen LogP contribution in [0.4, 0.5) is 4.79 Å². The zero-order chi connectivity index (χ0) is 14.8. The molecule has 1 amide bonds. The Kier molecular flexibility index (Phi) is 4.59. The number of likely N-dealkylation sites (tertiary alicyclic amines) is 1. The second-order valence-corrected chi connectivity index (χ2v) is 7.26. The van der Waals surface area contributed by atoms with Crippen LogP contribution in [0.15, 0.2) is 0 Å². The normalized spacial score (nSPS) is 24.8. The van der Waals surface area contributed by atoms with Gasteiger partial charge in [-0.15, -0.1) is 0 Å². The predicted octanol–water partition coefficient (Wildman–Crippen LogP) is 1.75. The van der Waals surface area contributed by atoms with E-state index in [4.69, 9.17) is 4.74 Å². The van der Waals surface area contributed by atoms with E-state index in [1.807, 2.05) is 25.7 Å². The number of aliphatic hydroxyl groups is 1. The monoisotopic (exact) mass is 284 g/mol. The van der Waals surface area contributed by atoms with E-state index >= 15 is 0 Å². The minimum atomic E-state index is -0.438. The number of aliphatic hydroxyl groups excluding tert-OH is 1. The zero-order valence-electron chi connectivity index (χ0n) is 12.9. The number of carbonyl (C=O) groups is 1. The van der Waals surface area contributed by atoms with E-state index in [0.29, 0.717) is 0 Å². The first kappa shape index (κ1) is 15.6. The molecule has 5 nitrogen and oxygen atoms in total. The van der Waals surface area contributed by atoms with Crippen molar-refractivity contribution in [2.45, 2.75) is 58.1 Å². The van der Waals surface area contributed by atoms with Crippen molar-refractivity contribution in [3.63, 3.8) is 0 Å². The lowest BCUT2D eigenvalue weighted by atomic mass is 10.1. The summed E-state index contributed by atoms with van der Waals surface area (Å²) in [6.45, 7) is 8.38. The van der Waals surface area contributed by atoms with Gasteiger partial charge in [0.15, 0.2) is 0 Å². The molecule has 0 bridgehead atoms. The molecule has 0 spiro atoms. The molecule has 0 aromatic heterocycles. The van der Waals surface area contributed by atoms with Crippen molar-refractivity contribution in [3.8, 4) is 0 Å². The minimum Gasteiger partial charge on any atom is -0.444 e. The van der Waals surface area contributed by atoms with E-state index in [0.717, 1.165) is 45.3 Å². The highest BCUT2D eigenvalue weighted by Crippen LogP contribution is 2.44. The number of ether oxygens (including phenoxy) is 1. The van der Waals surface area contributed by atoms with Crippen molar-refractivity contribution in [1.29, 1.82) is 0 Å². The molecule has 20 heavy (non-hydrogen) atoms. The number of rotatable bonds is 5. The number of amides is 1. The van der Waals surface area contributed by atoms with Gasteiger partial charge >= 0.3 is 6.09 Å². The van der Waals surface area contributed by atoms with Crippen LogP contribution >= 0.6 is 0 Å². The lowest BCUT2D eigenvalue weighted by Crippen LogP contribution is -2.45. The van der Waals surface area contributed by atoms with Gasteiger partial charge in [0.05, 0.1) is 0 Å². The van der Waals surface area contributed by atoms with Crippen LogP contribution in [0.3, 0.4) is 0 Å². The highest BCUT2D eigenvalue weighted by Gasteiger charge is 2.41. The van der Waals surface area contributed by atoms with Gasteiger partial charge in [0.1, 0.15) is 5.60 Å². The van der Waals surface area contributed by atoms with Crippen LogP contribution in [-0.4, -0.2) is 54.0 Å². The lowest BCUT2D eigenvalue weighted by Gasteiger charge is -2.29. The van der Waals surface area contributed by atoms with E-state index < -0.39 is 5.60 Å². The minimum absolute atomic E-state index is 0.120. The standard InChI is InChI=1S/C15H28N2O3/c1-14(2,3)20-13(19)17-8-4-5-12(17)9-16-10-15(11-18)6-7-15/h12,16,18H,4-11H2,1-3H3. The van der Waals surface area contributed by atoms with Crippen LogP contribution in [0.1, 0.15) is 46.5 Å². The Bertz CT molecular complexity index is 348. The van der Waals surface area contributed by atoms with E-state index in [1.165, 1.54) is 0 Å². The largest absolute Gasteiger partial charge is 0.444 e. The first-order valence-electron chi connectivity index (χ1n) is 7.66. The third-order valence-corrected chi connectivity index (χ3v) is 4.18. The summed E-state index contributed by atoms with van der Waals surface area (Å²) >= 11 is 0. The first-order chi connectivity index (χ1) is 9.35. The molecule has 1 saturated carbocycles. The molecule has 2 aliphatic rings. The van der Waals surface area contributed by atoms with Gasteiger partial charge in [-0.3, -0.25) is 0 Å². The summed E-state index contributed by atoms with van der Waals surface area (Å²) in [4.78, 5) is 14.0. The summed E-state index contributed by atoms with van der Waals surface area (Å²) in [5, 5.41) is 12.7. The van der Waals surface area contributed by atoms with Gasteiger partial charge in [-0.05, 0) is 46.5 Å². The van der Waals surface area contributed by atoms with Crippen LogP contribution in [0.2, 0.25) is 0 Å². The Hall–Kier alpha value is -0.810. The SMILES string of the molecule is CC(C)(C)OC(=O)N1CCCC1CNCC1(CO)CC1. The molecule has 1 aliphatic heterocycles. The van der Waals surface area contributed by atoms with E-state index in [2.05, 4.69) is 5.32 Å². The Balaban J connectivity index is 1.77. The highest BCUT2D eigenvalue weighted by molar-refractivity contribution is 5.69. The number of hydrogen-bond acceptors (Lipinski definition) is 4. The van der Waals surface area contributed by atoms with E-state index in [9.17, 15) is 9.90 Å². The summed E-state index contributed by atoms with van der Waals surface area (Å²) in [5.74, 6) is 0. The summed E-state index contributed by atoms with van der Waals surface area (Å²) in [6, 6.07) is 0.222. The molecule has 2 fully saturated rings. The van der Waals surface area contributed by atoms with Crippen molar-refractivity contribution < 1.29 is 14.6 Å². The Morgan fingerprint density at radius 1 is 1.45 bits per heavy atom. The lowest BCUT2D eigenvalue weighted by molar-refractivity contribution is 0.0225. The van der Waals surface area contributed by atoms with Gasteiger partial charge in [0.2, 0.25) is 0 Å². The summed E-state index contributed by atoms with van der Waals surface area (Å²) in [5.41, 5.74) is -0.317. The molecule has 1 heterocycles. The van der Waals surface area contributed by atoms with Crippen LogP contribution < -0.4 is 5.32 Å². The van der Waals surface area contributed by atoms with Crippen molar-refractivity contribution in [3.05, 3.63) is 0 Å². The highest BCUT2D eigenvalue weighted by atomic mass is 16.6. The molecule has 1 saturated heterocycles. The maximum absolute atomic E-state index is 12.1. The molecule has 2 N–H and O–H groups in total. The average molecular weight is 284 g/mol. The van der Waals surface area contributed by atoms with Gasteiger partial charge < -0.3 is 20.1 Å². The van der Waals surface area contributed by atoms with Crippen molar-refractivity contribution in [2.75, 3.05) is 26.2 Å². The topological polar surface area (TPSA) is 61.8 Å². The fourth-order valence-electron chi connectivity index (χ4n) is 2.68. The smallest absolute Gasteiger partial charge is 0.410 e. The fourth-order valence-corrected chi connectivity index (χ4v) is 2.68. The van der Waals surface area contributed by atoms with E-state index in [-0.39, 0.29) is 24.2 Å². The molecule has 1 unspecified atom stereocenters. The third-order valence-electron chi connectivity index (χ3n) is 4.18. The molecule has 0 aromatic carbocycles. The number of nitrogens with zero attached hydrogens (tertiary/aromatic N) is 1. The van der Waals surface area contributed by atoms with Crippen molar-refractivity contribution in [1.82, 2.24) is 10.2 Å². The number of hydrogen-bond donors (Lipinski definition) is 2. The van der Waals surface area contributed by atoms with Crippen molar-refractivity contribution in [2.24, 2.45) is 5.41 Å². The van der Waals surface area contributed by atoms with Crippen molar-refractivity contribution >= 4 is 6.09 Å². The number of nitrogens with one attached hydrogen (secondary N) is 1.